The normalized spacial score (nSPS) is 32.7. The molecule has 15 heavy (non-hydrogen) atoms. The Balaban J connectivity index is 0.00000112. The third-order valence-electron chi connectivity index (χ3n) is 3.38. The molecule has 0 bridgehead atoms. The Kier molecular flexibility index (Phi) is 3.98. The number of carbonyl (C=O) groups excluding carboxylic acids is 1. The summed E-state index contributed by atoms with van der Waals surface area (Å²) in [5.41, 5.74) is 5.29. The van der Waals surface area contributed by atoms with E-state index in [1.54, 1.807) is 0 Å². The zero-order valence-electron chi connectivity index (χ0n) is 9.08. The van der Waals surface area contributed by atoms with Gasteiger partial charge < -0.3 is 16.4 Å². The number of halogens is 1. The van der Waals surface area contributed by atoms with Crippen LogP contribution in [0.25, 0.3) is 0 Å². The molecule has 0 spiro atoms. The van der Waals surface area contributed by atoms with Gasteiger partial charge in [0.05, 0.1) is 5.54 Å². The van der Waals surface area contributed by atoms with E-state index in [9.17, 15) is 4.79 Å². The minimum absolute atomic E-state index is 0. The number of nitrogens with two attached hydrogens (primary N) is 1. The molecule has 1 saturated heterocycles. The summed E-state index contributed by atoms with van der Waals surface area (Å²) in [6, 6.07) is 0.261. The van der Waals surface area contributed by atoms with Gasteiger partial charge in [-0.25, -0.2) is 0 Å². The fourth-order valence-electron chi connectivity index (χ4n) is 1.86. The van der Waals surface area contributed by atoms with E-state index in [1.807, 2.05) is 0 Å². The molecule has 2 fully saturated rings. The van der Waals surface area contributed by atoms with Gasteiger partial charge in [-0.2, -0.15) is 0 Å². The summed E-state index contributed by atoms with van der Waals surface area (Å²) in [6.45, 7) is 4.12. The molecule has 4 N–H and O–H groups in total. The zero-order chi connectivity index (χ0) is 10.2. The van der Waals surface area contributed by atoms with E-state index in [0.29, 0.717) is 5.92 Å². The quantitative estimate of drug-likeness (QED) is 0.630. The molecule has 1 saturated carbocycles. The third-order valence-corrected chi connectivity index (χ3v) is 3.38. The maximum Gasteiger partial charge on any atom is 0.240 e. The van der Waals surface area contributed by atoms with Crippen LogP contribution in [0.1, 0.15) is 26.2 Å². The summed E-state index contributed by atoms with van der Waals surface area (Å²) in [5.74, 6) is 0.598. The lowest BCUT2D eigenvalue weighted by Crippen LogP contribution is -2.54. The van der Waals surface area contributed by atoms with Crippen molar-refractivity contribution in [1.29, 1.82) is 0 Å². The lowest BCUT2D eigenvalue weighted by molar-refractivity contribution is -0.124. The molecular formula is C10H20ClN3O. The molecule has 88 valence electrons. The van der Waals surface area contributed by atoms with Gasteiger partial charge >= 0.3 is 0 Å². The highest BCUT2D eigenvalue weighted by molar-refractivity contribution is 5.89. The lowest BCUT2D eigenvalue weighted by atomic mass is 9.94. The fraction of sp³-hybridized carbons (Fsp3) is 0.900. The minimum Gasteiger partial charge on any atom is -0.350 e. The maximum atomic E-state index is 11.7. The second-order valence-electron chi connectivity index (χ2n) is 4.71. The van der Waals surface area contributed by atoms with Crippen molar-refractivity contribution in [3.05, 3.63) is 0 Å². The Hall–Kier alpha value is -0.320. The van der Waals surface area contributed by atoms with Crippen molar-refractivity contribution in [2.24, 2.45) is 11.7 Å². The van der Waals surface area contributed by atoms with E-state index in [0.717, 1.165) is 32.4 Å². The van der Waals surface area contributed by atoms with Crippen LogP contribution in [-0.4, -0.2) is 30.6 Å². The highest BCUT2D eigenvalue weighted by Gasteiger charge is 2.46. The zero-order valence-corrected chi connectivity index (χ0v) is 9.90. The standard InChI is InChI=1S/C10H19N3O.ClH/c1-7-2-5-12-6-8(7)13-9(14)10(11)3-4-10;/h7-8,12H,2-6,11H2,1H3,(H,13,14);1H. The summed E-state index contributed by atoms with van der Waals surface area (Å²) < 4.78 is 0. The van der Waals surface area contributed by atoms with Crippen LogP contribution in [0.5, 0.6) is 0 Å². The molecule has 2 aliphatic rings. The van der Waals surface area contributed by atoms with Gasteiger partial charge in [0.2, 0.25) is 5.91 Å². The van der Waals surface area contributed by atoms with Gasteiger partial charge in [-0.05, 0) is 31.7 Å². The first-order chi connectivity index (χ1) is 6.62. The van der Waals surface area contributed by atoms with Crippen LogP contribution in [-0.2, 0) is 4.79 Å². The Morgan fingerprint density at radius 3 is 2.73 bits per heavy atom. The molecule has 1 aliphatic carbocycles. The summed E-state index contributed by atoms with van der Waals surface area (Å²) >= 11 is 0. The first-order valence-electron chi connectivity index (χ1n) is 5.42. The van der Waals surface area contributed by atoms with Gasteiger partial charge in [-0.15, -0.1) is 12.4 Å². The Labute approximate surface area is 96.8 Å². The van der Waals surface area contributed by atoms with Crippen molar-refractivity contribution in [3.8, 4) is 0 Å². The fourth-order valence-corrected chi connectivity index (χ4v) is 1.86. The smallest absolute Gasteiger partial charge is 0.240 e. The summed E-state index contributed by atoms with van der Waals surface area (Å²) in [4.78, 5) is 11.7. The topological polar surface area (TPSA) is 67.1 Å². The van der Waals surface area contributed by atoms with Crippen molar-refractivity contribution < 1.29 is 4.79 Å². The third kappa shape index (κ3) is 2.83. The number of rotatable bonds is 2. The van der Waals surface area contributed by atoms with Crippen molar-refractivity contribution in [1.82, 2.24) is 10.6 Å². The largest absolute Gasteiger partial charge is 0.350 e. The van der Waals surface area contributed by atoms with Gasteiger partial charge in [0.25, 0.3) is 0 Å². The van der Waals surface area contributed by atoms with Gasteiger partial charge in [-0.1, -0.05) is 6.92 Å². The highest BCUT2D eigenvalue weighted by atomic mass is 35.5. The average molecular weight is 234 g/mol. The summed E-state index contributed by atoms with van der Waals surface area (Å²) in [6.07, 6.45) is 2.81. The second-order valence-corrected chi connectivity index (χ2v) is 4.71. The predicted molar refractivity (Wildman–Crippen MR) is 62.0 cm³/mol. The Bertz CT molecular complexity index is 243. The maximum absolute atomic E-state index is 11.7. The molecule has 0 aromatic rings. The number of nitrogens with one attached hydrogen (secondary N) is 2. The van der Waals surface area contributed by atoms with Crippen LogP contribution in [0, 0.1) is 5.92 Å². The number of hydrogen-bond acceptors (Lipinski definition) is 3. The van der Waals surface area contributed by atoms with Crippen LogP contribution in [0.2, 0.25) is 0 Å². The van der Waals surface area contributed by atoms with Crippen molar-refractivity contribution >= 4 is 18.3 Å². The molecule has 2 rings (SSSR count). The van der Waals surface area contributed by atoms with E-state index in [4.69, 9.17) is 5.73 Å². The van der Waals surface area contributed by atoms with E-state index >= 15 is 0 Å². The van der Waals surface area contributed by atoms with E-state index in [-0.39, 0.29) is 24.4 Å². The molecule has 1 heterocycles. The van der Waals surface area contributed by atoms with E-state index in [1.165, 1.54) is 0 Å². The molecule has 0 aromatic carbocycles. The number of hydrogen-bond donors (Lipinski definition) is 3. The second kappa shape index (κ2) is 4.68. The summed E-state index contributed by atoms with van der Waals surface area (Å²) in [5, 5.41) is 6.33. The number of carbonyl (C=O) groups is 1. The van der Waals surface area contributed by atoms with Crippen LogP contribution in [0.3, 0.4) is 0 Å². The summed E-state index contributed by atoms with van der Waals surface area (Å²) in [7, 11) is 0. The van der Waals surface area contributed by atoms with Crippen LogP contribution < -0.4 is 16.4 Å². The van der Waals surface area contributed by atoms with E-state index < -0.39 is 5.54 Å². The van der Waals surface area contributed by atoms with E-state index in [2.05, 4.69) is 17.6 Å². The van der Waals surface area contributed by atoms with Gasteiger partial charge in [0, 0.05) is 12.6 Å². The molecule has 1 aliphatic heterocycles. The monoisotopic (exact) mass is 233 g/mol. The van der Waals surface area contributed by atoms with Gasteiger partial charge in [0.15, 0.2) is 0 Å². The van der Waals surface area contributed by atoms with Crippen LogP contribution >= 0.6 is 12.4 Å². The molecule has 0 aromatic heterocycles. The van der Waals surface area contributed by atoms with Crippen LogP contribution in [0.4, 0.5) is 0 Å². The Morgan fingerprint density at radius 1 is 1.53 bits per heavy atom. The van der Waals surface area contributed by atoms with Gasteiger partial charge in [-0.3, -0.25) is 4.79 Å². The molecule has 4 nitrogen and oxygen atoms in total. The number of amides is 1. The molecule has 1 amide bonds. The van der Waals surface area contributed by atoms with Crippen molar-refractivity contribution in [3.63, 3.8) is 0 Å². The molecular weight excluding hydrogens is 214 g/mol. The van der Waals surface area contributed by atoms with Gasteiger partial charge in [0.1, 0.15) is 0 Å². The number of piperidine rings is 1. The molecule has 2 atom stereocenters. The molecule has 5 heteroatoms. The molecule has 2 unspecified atom stereocenters. The van der Waals surface area contributed by atoms with Crippen LogP contribution in [0.15, 0.2) is 0 Å². The SMILES string of the molecule is CC1CCNCC1NC(=O)C1(N)CC1.Cl. The predicted octanol–water partition coefficient (Wildman–Crippen LogP) is 0.0137. The molecule has 0 radical (unpaired) electrons. The minimum atomic E-state index is -0.531. The Morgan fingerprint density at radius 2 is 2.20 bits per heavy atom. The first kappa shape index (κ1) is 12.7. The highest BCUT2D eigenvalue weighted by Crippen LogP contribution is 2.32. The van der Waals surface area contributed by atoms with Crippen molar-refractivity contribution in [2.45, 2.75) is 37.8 Å². The average Bonchev–Trinajstić information content (AvgIpc) is 2.89. The first-order valence-corrected chi connectivity index (χ1v) is 5.42. The lowest BCUT2D eigenvalue weighted by Gasteiger charge is -2.31. The van der Waals surface area contributed by atoms with Crippen molar-refractivity contribution in [2.75, 3.05) is 13.1 Å².